The number of alkyl halides is 2. The van der Waals surface area contributed by atoms with Crippen molar-refractivity contribution < 1.29 is 57.5 Å². The summed E-state index contributed by atoms with van der Waals surface area (Å²) in [4.78, 5) is 188. The van der Waals surface area contributed by atoms with Gasteiger partial charge in [0.1, 0.15) is 59.9 Å². The minimum absolute atomic E-state index is 0.000101. The number of likely N-dealkylation sites (N-methyl/N-ethyl adjacent to an activating group) is 6. The fourth-order valence-electron chi connectivity index (χ4n) is 13.7. The van der Waals surface area contributed by atoms with Gasteiger partial charge in [-0.2, -0.15) is 0 Å². The molecule has 12 atom stereocenters. The van der Waals surface area contributed by atoms with Crippen LogP contribution in [-0.2, 0) is 57.5 Å². The molecule has 534 valence electrons. The zero-order valence-electron chi connectivity index (χ0n) is 59.3. The molecule has 5 rings (SSSR count). The number of rotatable bonds is 12. The smallest absolute Gasteiger partial charge is 0.246 e. The number of hydrogen-bond donors (Lipinski definition) is 4. The maximum Gasteiger partial charge on any atom is 0.246 e. The quantitative estimate of drug-likeness (QED) is 0.118. The summed E-state index contributed by atoms with van der Waals surface area (Å²) < 4.78 is 0.317. The normalized spacial score (nSPS) is 30.9. The molecule has 24 nitrogen and oxygen atoms in total. The lowest BCUT2D eigenvalue weighted by molar-refractivity contribution is -0.160. The van der Waals surface area contributed by atoms with E-state index in [9.17, 15) is 52.7 Å². The molecule has 5 fully saturated rings. The van der Waals surface area contributed by atoms with Gasteiger partial charge in [-0.05, 0) is 140 Å². The Labute approximate surface area is 583 Å². The van der Waals surface area contributed by atoms with E-state index >= 15 is 4.79 Å². The summed E-state index contributed by atoms with van der Waals surface area (Å²) in [5.74, 6) is -5.97. The van der Waals surface area contributed by atoms with Crippen LogP contribution in [-0.4, -0.2) is 248 Å². The fraction of sp³-hybridized carbons (Fsp3) is 0.797. The van der Waals surface area contributed by atoms with Crippen LogP contribution in [0.3, 0.4) is 0 Å². The molecule has 2 unspecified atom stereocenters. The summed E-state index contributed by atoms with van der Waals surface area (Å²) in [6, 6.07) is -10.9. The highest BCUT2D eigenvalue weighted by Crippen LogP contribution is 2.35. The number of carbonyl (C=O) groups is 12. The summed E-state index contributed by atoms with van der Waals surface area (Å²) >= 11 is 8.92. The van der Waals surface area contributed by atoms with Gasteiger partial charge in [0.15, 0.2) is 0 Å². The van der Waals surface area contributed by atoms with Gasteiger partial charge in [-0.25, -0.2) is 0 Å². The van der Waals surface area contributed by atoms with Gasteiger partial charge in [0.25, 0.3) is 0 Å². The number of amides is 12. The van der Waals surface area contributed by atoms with Crippen molar-refractivity contribution in [3.05, 3.63) is 0 Å². The first-order valence-electron chi connectivity index (χ1n) is 34.7. The molecule has 5 aliphatic rings. The maximum absolute atomic E-state index is 15.1. The SMILES string of the molecule is C#CC[C@@H]1NC(=O)[C@H](CC2CCCC(I)C2)NC(=O)CN(C)C(=O)[C@H](CC2CCC(Cl)CC2)N(C)C(=O)[C@@H]2CCN2C(=O)[C@H](C)N(C)C(=O)[C@H]([C@@H](C)CC)NC(=O)[C@H](CC(C)C)N(C)C(=O)C[C@@H](C(=O)N2CCCCC2)N(C)C(=O)[C@H](CC(C)C)NC(=O)C(C)(C)N(C)C1=O. The van der Waals surface area contributed by atoms with Crippen molar-refractivity contribution >= 4 is 105 Å². The fourth-order valence-corrected chi connectivity index (χ4v) is 15.1. The first-order chi connectivity index (χ1) is 44.5. The number of hydrogen-bond acceptors (Lipinski definition) is 12. The molecule has 0 aromatic carbocycles. The summed E-state index contributed by atoms with van der Waals surface area (Å²) in [6.45, 7) is 16.0. The van der Waals surface area contributed by atoms with Crippen LogP contribution in [0, 0.1) is 41.9 Å². The maximum atomic E-state index is 15.1. The van der Waals surface area contributed by atoms with Gasteiger partial charge in [0.2, 0.25) is 70.9 Å². The molecule has 26 heteroatoms. The average molecular weight is 1460 g/mol. The zero-order valence-corrected chi connectivity index (χ0v) is 62.2. The van der Waals surface area contributed by atoms with Crippen LogP contribution in [0.4, 0.5) is 0 Å². The largest absolute Gasteiger partial charge is 0.343 e. The summed E-state index contributed by atoms with van der Waals surface area (Å²) in [7, 11) is 8.64. The first kappa shape index (κ1) is 79.9. The molecule has 3 saturated heterocycles. The van der Waals surface area contributed by atoms with Crippen LogP contribution in [0.2, 0.25) is 0 Å². The van der Waals surface area contributed by atoms with E-state index in [1.165, 1.54) is 85.5 Å². The number of likely N-dealkylation sites (tertiary alicyclic amines) is 1. The molecule has 3 aliphatic heterocycles. The van der Waals surface area contributed by atoms with Crippen molar-refractivity contribution in [2.24, 2.45) is 29.6 Å². The van der Waals surface area contributed by atoms with Crippen LogP contribution < -0.4 is 21.3 Å². The molecule has 2 aliphatic carbocycles. The number of terminal acetylenes is 1. The molecular weight excluding hydrogens is 1350 g/mol. The molecule has 0 bridgehead atoms. The van der Waals surface area contributed by atoms with Gasteiger partial charge in [-0.15, -0.1) is 23.9 Å². The van der Waals surface area contributed by atoms with Crippen molar-refractivity contribution in [1.82, 2.24) is 60.5 Å². The van der Waals surface area contributed by atoms with E-state index in [0.717, 1.165) is 37.0 Å². The van der Waals surface area contributed by atoms with Crippen LogP contribution >= 0.6 is 34.2 Å². The van der Waals surface area contributed by atoms with E-state index in [1.54, 1.807) is 18.7 Å². The third-order valence-electron chi connectivity index (χ3n) is 20.7. The summed E-state index contributed by atoms with van der Waals surface area (Å²) in [6.07, 6.45) is 14.9. The topological polar surface area (TPSA) is 279 Å². The molecule has 95 heavy (non-hydrogen) atoms. The van der Waals surface area contributed by atoms with Crippen LogP contribution in [0.25, 0.3) is 0 Å². The highest BCUT2D eigenvalue weighted by molar-refractivity contribution is 14.1. The van der Waals surface area contributed by atoms with Gasteiger partial charge < -0.3 is 60.5 Å². The van der Waals surface area contributed by atoms with Crippen LogP contribution in [0.15, 0.2) is 0 Å². The third kappa shape index (κ3) is 21.1. The zero-order chi connectivity index (χ0) is 71.1. The lowest BCUT2D eigenvalue weighted by Crippen LogP contribution is -2.65. The molecular formula is C69H112ClIN12O12. The van der Waals surface area contributed by atoms with Gasteiger partial charge in [-0.1, -0.05) is 83.4 Å². The molecule has 3 heterocycles. The highest BCUT2D eigenvalue weighted by atomic mass is 127. The Morgan fingerprint density at radius 3 is 1.83 bits per heavy atom. The highest BCUT2D eigenvalue weighted by Gasteiger charge is 2.48. The number of nitrogens with zero attached hydrogens (tertiary/aromatic N) is 8. The van der Waals surface area contributed by atoms with Gasteiger partial charge in [0, 0.05) is 77.6 Å². The Morgan fingerprint density at radius 1 is 0.632 bits per heavy atom. The molecule has 0 radical (unpaired) electrons. The molecule has 0 spiro atoms. The van der Waals surface area contributed by atoms with E-state index in [1.807, 2.05) is 34.6 Å². The van der Waals surface area contributed by atoms with Gasteiger partial charge in [0.05, 0.1) is 13.0 Å². The van der Waals surface area contributed by atoms with Crippen LogP contribution in [0.5, 0.6) is 0 Å². The Hall–Kier alpha value is -5.78. The number of halogens is 2. The number of piperidine rings is 1. The van der Waals surface area contributed by atoms with Gasteiger partial charge >= 0.3 is 0 Å². The molecule has 0 aromatic heterocycles. The summed E-state index contributed by atoms with van der Waals surface area (Å²) in [5, 5.41) is 11.4. The molecule has 0 aromatic rings. The second-order valence-corrected chi connectivity index (χ2v) is 31.5. The third-order valence-corrected chi connectivity index (χ3v) is 22.3. The Kier molecular flexibility index (Phi) is 30.4. The van der Waals surface area contributed by atoms with E-state index < -0.39 is 150 Å². The predicted octanol–water partition coefficient (Wildman–Crippen LogP) is 4.70. The second-order valence-electron chi connectivity index (χ2n) is 29.1. The Bertz CT molecular complexity index is 2790. The lowest BCUT2D eigenvalue weighted by Gasteiger charge is -2.45. The van der Waals surface area contributed by atoms with Crippen molar-refractivity contribution in [3.63, 3.8) is 0 Å². The predicted molar refractivity (Wildman–Crippen MR) is 372 cm³/mol. The first-order valence-corrected chi connectivity index (χ1v) is 36.3. The number of carbonyl (C=O) groups excluding carboxylic acids is 12. The lowest BCUT2D eigenvalue weighted by atomic mass is 9.83. The second kappa shape index (κ2) is 36.2. The number of fused-ring (bicyclic) bond motifs is 1. The minimum Gasteiger partial charge on any atom is -0.343 e. The van der Waals surface area contributed by atoms with Gasteiger partial charge in [-0.3, -0.25) is 57.5 Å². The van der Waals surface area contributed by atoms with Crippen molar-refractivity contribution in [2.75, 3.05) is 68.5 Å². The summed E-state index contributed by atoms with van der Waals surface area (Å²) in [5.41, 5.74) is -1.73. The average Bonchev–Trinajstić information content (AvgIpc) is 0.743. The van der Waals surface area contributed by atoms with Crippen molar-refractivity contribution in [1.29, 1.82) is 0 Å². The Morgan fingerprint density at radius 2 is 1.26 bits per heavy atom. The van der Waals surface area contributed by atoms with Crippen molar-refractivity contribution in [3.8, 4) is 12.3 Å². The number of nitrogens with one attached hydrogen (secondary N) is 4. The molecule has 2 saturated carbocycles. The standard InChI is InChI=1S/C69H112ClIN12O12/c1-17-23-49-63(90)81(16)69(9,10)68(95)74-51(34-41(3)4)62(89)79(14)55(66(93)82-31-20-19-21-32-82)39-57(85)78(13)53(35-42(5)6)60(87)75-58(43(7)18-2)67(94)77(12)44(8)61(88)83-33-30-52(83)65(92)80(15)54(38-45-26-28-47(70)29-27-45)64(91)76(11)40-56(84)72-50(59(86)73-49)37-46-24-22-25-48(71)36-46/h1,41-55,58H,18-40H2,2-16H3,(H,72,84)(H,73,86)(H,74,95)(H,75,87)/t43-,44-,45?,46?,47?,48?,49-,50-,51-,52-,53-,54-,55-,58-/m0/s1. The van der Waals surface area contributed by atoms with E-state index in [2.05, 4.69) is 49.8 Å². The van der Waals surface area contributed by atoms with E-state index in [4.69, 9.17) is 18.0 Å². The van der Waals surface area contributed by atoms with Crippen molar-refractivity contribution in [2.45, 2.75) is 254 Å². The molecule has 4 N–H and O–H groups in total. The monoisotopic (exact) mass is 1460 g/mol. The van der Waals surface area contributed by atoms with E-state index in [0.29, 0.717) is 62.0 Å². The minimum atomic E-state index is -1.73. The van der Waals surface area contributed by atoms with Crippen LogP contribution in [0.1, 0.15) is 184 Å². The van der Waals surface area contributed by atoms with E-state index in [-0.39, 0.29) is 74.1 Å². The Balaban J connectivity index is 1.61. The molecule has 12 amide bonds.